The Kier molecular flexibility index (Phi) is 1.82. The van der Waals surface area contributed by atoms with Gasteiger partial charge in [0.2, 0.25) is 0 Å². The van der Waals surface area contributed by atoms with Gasteiger partial charge in [0.05, 0.1) is 0 Å². The highest BCUT2D eigenvalue weighted by molar-refractivity contribution is 5.11. The van der Waals surface area contributed by atoms with Crippen molar-refractivity contribution in [2.45, 2.75) is 25.3 Å². The summed E-state index contributed by atoms with van der Waals surface area (Å²) in [5, 5.41) is 0. The minimum atomic E-state index is 0.318. The monoisotopic (exact) mass is 149 g/mol. The third kappa shape index (κ3) is 1.25. The molecule has 0 amide bonds. The molecule has 0 aliphatic heterocycles. The van der Waals surface area contributed by atoms with Crippen molar-refractivity contribution in [3.05, 3.63) is 24.3 Å². The highest BCUT2D eigenvalue weighted by atomic mass is 14.7. The second-order valence-corrected chi connectivity index (χ2v) is 3.57. The molecule has 0 aromatic rings. The van der Waals surface area contributed by atoms with Gasteiger partial charge in [-0.2, -0.15) is 0 Å². The predicted octanol–water partition coefficient (Wildman–Crippen LogP) is 1.86. The first-order valence-electron chi connectivity index (χ1n) is 4.47. The van der Waals surface area contributed by atoms with E-state index < -0.39 is 0 Å². The molecule has 1 nitrogen and oxygen atoms in total. The first-order chi connectivity index (χ1) is 5.38. The van der Waals surface area contributed by atoms with Crippen molar-refractivity contribution in [3.63, 3.8) is 0 Å². The fraction of sp³-hybridized carbons (Fsp3) is 0.600. The molecule has 0 radical (unpaired) electrons. The SMILES string of the molecule is NC1C=CCC2C=CCC[C@@H]12. The molecule has 0 saturated heterocycles. The standard InChI is InChI=1S/C10H15N/c11-10-7-3-5-8-4-1-2-6-9(8)10/h1,3-4,7-10H,2,5-6,11H2/t8?,9-,10?/m1/s1. The van der Waals surface area contributed by atoms with Crippen LogP contribution in [0.3, 0.4) is 0 Å². The molecule has 2 unspecified atom stereocenters. The summed E-state index contributed by atoms with van der Waals surface area (Å²) in [5.74, 6) is 1.47. The first kappa shape index (κ1) is 7.11. The van der Waals surface area contributed by atoms with E-state index in [0.717, 1.165) is 11.8 Å². The van der Waals surface area contributed by atoms with Crippen LogP contribution in [0.1, 0.15) is 19.3 Å². The molecule has 0 bridgehead atoms. The highest BCUT2D eigenvalue weighted by Crippen LogP contribution is 2.32. The van der Waals surface area contributed by atoms with Crippen LogP contribution in [0.4, 0.5) is 0 Å². The Hall–Kier alpha value is -0.560. The molecule has 0 heterocycles. The summed E-state index contributed by atoms with van der Waals surface area (Å²) in [6.45, 7) is 0. The van der Waals surface area contributed by atoms with Crippen LogP contribution >= 0.6 is 0 Å². The summed E-state index contributed by atoms with van der Waals surface area (Å²) in [7, 11) is 0. The van der Waals surface area contributed by atoms with Crippen molar-refractivity contribution in [1.82, 2.24) is 0 Å². The molecule has 1 heteroatoms. The Balaban J connectivity index is 2.17. The smallest absolute Gasteiger partial charge is 0.0258 e. The quantitative estimate of drug-likeness (QED) is 0.523. The van der Waals surface area contributed by atoms with Gasteiger partial charge in [0.1, 0.15) is 0 Å². The number of fused-ring (bicyclic) bond motifs is 1. The van der Waals surface area contributed by atoms with Gasteiger partial charge in [-0.15, -0.1) is 0 Å². The molecule has 0 spiro atoms. The molecule has 3 atom stereocenters. The van der Waals surface area contributed by atoms with Crippen LogP contribution in [0.15, 0.2) is 24.3 Å². The lowest BCUT2D eigenvalue weighted by atomic mass is 9.75. The van der Waals surface area contributed by atoms with Crippen molar-refractivity contribution in [2.24, 2.45) is 17.6 Å². The van der Waals surface area contributed by atoms with E-state index in [-0.39, 0.29) is 0 Å². The van der Waals surface area contributed by atoms with Gasteiger partial charge in [-0.3, -0.25) is 0 Å². The van der Waals surface area contributed by atoms with Crippen LogP contribution in [0.5, 0.6) is 0 Å². The van der Waals surface area contributed by atoms with E-state index in [1.165, 1.54) is 19.3 Å². The molecule has 2 aliphatic rings. The van der Waals surface area contributed by atoms with E-state index in [2.05, 4.69) is 24.3 Å². The van der Waals surface area contributed by atoms with E-state index in [1.54, 1.807) is 0 Å². The number of hydrogen-bond acceptors (Lipinski definition) is 1. The molecule has 2 rings (SSSR count). The third-order valence-electron chi connectivity index (χ3n) is 2.86. The van der Waals surface area contributed by atoms with Crippen LogP contribution < -0.4 is 5.73 Å². The van der Waals surface area contributed by atoms with Gasteiger partial charge < -0.3 is 5.73 Å². The fourth-order valence-electron chi connectivity index (χ4n) is 2.18. The lowest BCUT2D eigenvalue weighted by Crippen LogP contribution is -2.36. The Morgan fingerprint density at radius 2 is 2.09 bits per heavy atom. The van der Waals surface area contributed by atoms with E-state index in [9.17, 15) is 0 Å². The number of nitrogens with two attached hydrogens (primary N) is 1. The predicted molar refractivity (Wildman–Crippen MR) is 47.1 cm³/mol. The lowest BCUT2D eigenvalue weighted by molar-refractivity contribution is 0.314. The van der Waals surface area contributed by atoms with E-state index in [0.29, 0.717) is 6.04 Å². The van der Waals surface area contributed by atoms with Gasteiger partial charge in [0.25, 0.3) is 0 Å². The average Bonchev–Trinajstić information content (AvgIpc) is 2.06. The van der Waals surface area contributed by atoms with E-state index in [4.69, 9.17) is 5.73 Å². The van der Waals surface area contributed by atoms with Gasteiger partial charge in [0.15, 0.2) is 0 Å². The second kappa shape index (κ2) is 2.82. The van der Waals surface area contributed by atoms with Crippen molar-refractivity contribution in [2.75, 3.05) is 0 Å². The first-order valence-corrected chi connectivity index (χ1v) is 4.47. The summed E-state index contributed by atoms with van der Waals surface area (Å²) < 4.78 is 0. The van der Waals surface area contributed by atoms with Crippen molar-refractivity contribution < 1.29 is 0 Å². The maximum absolute atomic E-state index is 5.97. The summed E-state index contributed by atoms with van der Waals surface area (Å²) in [4.78, 5) is 0. The molecular formula is C10H15N. The summed E-state index contributed by atoms with van der Waals surface area (Å²) >= 11 is 0. The van der Waals surface area contributed by atoms with Gasteiger partial charge in [0, 0.05) is 6.04 Å². The zero-order chi connectivity index (χ0) is 7.68. The van der Waals surface area contributed by atoms with Crippen molar-refractivity contribution >= 4 is 0 Å². The fourth-order valence-corrected chi connectivity index (χ4v) is 2.18. The minimum Gasteiger partial charge on any atom is -0.324 e. The molecule has 60 valence electrons. The van der Waals surface area contributed by atoms with Gasteiger partial charge >= 0.3 is 0 Å². The van der Waals surface area contributed by atoms with Gasteiger partial charge in [-0.25, -0.2) is 0 Å². The van der Waals surface area contributed by atoms with E-state index >= 15 is 0 Å². The van der Waals surface area contributed by atoms with Crippen molar-refractivity contribution in [1.29, 1.82) is 0 Å². The molecule has 0 saturated carbocycles. The largest absolute Gasteiger partial charge is 0.324 e. The normalized spacial score (nSPS) is 42.1. The number of hydrogen-bond donors (Lipinski definition) is 1. The molecule has 11 heavy (non-hydrogen) atoms. The molecule has 0 aromatic heterocycles. The molecule has 0 fully saturated rings. The maximum Gasteiger partial charge on any atom is 0.0258 e. The Bertz CT molecular complexity index is 193. The molecule has 0 aromatic carbocycles. The van der Waals surface area contributed by atoms with Crippen LogP contribution in [0.25, 0.3) is 0 Å². The van der Waals surface area contributed by atoms with Gasteiger partial charge in [-0.1, -0.05) is 24.3 Å². The van der Waals surface area contributed by atoms with E-state index in [1.807, 2.05) is 0 Å². The molecule has 2 aliphatic carbocycles. The molecule has 2 N–H and O–H groups in total. The van der Waals surface area contributed by atoms with Gasteiger partial charge in [-0.05, 0) is 31.1 Å². The Morgan fingerprint density at radius 1 is 1.18 bits per heavy atom. The zero-order valence-corrected chi connectivity index (χ0v) is 6.74. The Labute approximate surface area is 68.0 Å². The van der Waals surface area contributed by atoms with Crippen LogP contribution in [0.2, 0.25) is 0 Å². The van der Waals surface area contributed by atoms with Crippen molar-refractivity contribution in [3.8, 4) is 0 Å². The molecular weight excluding hydrogens is 134 g/mol. The maximum atomic E-state index is 5.97. The zero-order valence-electron chi connectivity index (χ0n) is 6.74. The topological polar surface area (TPSA) is 26.0 Å². The van der Waals surface area contributed by atoms with Crippen LogP contribution in [-0.2, 0) is 0 Å². The summed E-state index contributed by atoms with van der Waals surface area (Å²) in [5.41, 5.74) is 5.97. The summed E-state index contributed by atoms with van der Waals surface area (Å²) in [6, 6.07) is 0.318. The average molecular weight is 149 g/mol. The van der Waals surface area contributed by atoms with Crippen LogP contribution in [-0.4, -0.2) is 6.04 Å². The second-order valence-electron chi connectivity index (χ2n) is 3.57. The number of rotatable bonds is 0. The summed E-state index contributed by atoms with van der Waals surface area (Å²) in [6.07, 6.45) is 12.7. The third-order valence-corrected chi connectivity index (χ3v) is 2.86. The number of allylic oxidation sites excluding steroid dienone is 3. The minimum absolute atomic E-state index is 0.318. The highest BCUT2D eigenvalue weighted by Gasteiger charge is 2.27. The lowest BCUT2D eigenvalue weighted by Gasteiger charge is -2.33. The Morgan fingerprint density at radius 3 is 2.91 bits per heavy atom. The van der Waals surface area contributed by atoms with Crippen LogP contribution in [0, 0.1) is 11.8 Å².